The van der Waals surface area contributed by atoms with E-state index < -0.39 is 0 Å². The SMILES string of the molecule is COc1cc(-c2cnn(C3CCN(C(=O)C4CN(C(=O)C=CCBr)C4)CC3)c2)cn2ncc(C#N)c12. The van der Waals surface area contributed by atoms with E-state index in [1.54, 1.807) is 28.7 Å². The smallest absolute Gasteiger partial charge is 0.246 e. The number of rotatable bonds is 6. The first kappa shape index (κ1) is 24.1. The van der Waals surface area contributed by atoms with Gasteiger partial charge in [0, 0.05) is 55.0 Å². The van der Waals surface area contributed by atoms with Gasteiger partial charge in [-0.2, -0.15) is 15.5 Å². The molecule has 0 radical (unpaired) electrons. The molecule has 0 saturated carbocycles. The number of piperidine rings is 1. The van der Waals surface area contributed by atoms with E-state index in [-0.39, 0.29) is 23.8 Å². The Hall–Kier alpha value is -3.65. The molecule has 3 aromatic rings. The zero-order chi connectivity index (χ0) is 25.2. The summed E-state index contributed by atoms with van der Waals surface area (Å²) in [6.45, 7) is 2.34. The summed E-state index contributed by atoms with van der Waals surface area (Å²) in [5.41, 5.74) is 2.92. The fourth-order valence-electron chi connectivity index (χ4n) is 4.84. The van der Waals surface area contributed by atoms with Crippen molar-refractivity contribution in [3.63, 3.8) is 0 Å². The first-order chi connectivity index (χ1) is 17.5. The molecule has 36 heavy (non-hydrogen) atoms. The molecule has 2 amide bonds. The monoisotopic (exact) mass is 551 g/mol. The average Bonchev–Trinajstić information content (AvgIpc) is 3.53. The van der Waals surface area contributed by atoms with E-state index in [0.717, 1.165) is 24.0 Å². The fraction of sp³-hybridized carbons (Fsp3) is 0.400. The summed E-state index contributed by atoms with van der Waals surface area (Å²) in [6, 6.07) is 4.24. The van der Waals surface area contributed by atoms with Crippen LogP contribution in [0.5, 0.6) is 5.75 Å². The number of hydrogen-bond acceptors (Lipinski definition) is 6. The van der Waals surface area contributed by atoms with Crippen molar-refractivity contribution in [2.24, 2.45) is 5.92 Å². The molecule has 2 aliphatic heterocycles. The summed E-state index contributed by atoms with van der Waals surface area (Å²) in [5.74, 6) is 0.574. The van der Waals surface area contributed by atoms with Gasteiger partial charge in [-0.15, -0.1) is 0 Å². The number of aromatic nitrogens is 4. The van der Waals surface area contributed by atoms with Crippen LogP contribution < -0.4 is 4.74 Å². The van der Waals surface area contributed by atoms with Crippen molar-refractivity contribution < 1.29 is 14.3 Å². The predicted octanol–water partition coefficient (Wildman–Crippen LogP) is 2.65. The Morgan fingerprint density at radius 1 is 1.17 bits per heavy atom. The molecule has 0 spiro atoms. The van der Waals surface area contributed by atoms with Crippen LogP contribution in [0.15, 0.2) is 43.0 Å². The normalized spacial score (nSPS) is 16.9. The lowest BCUT2D eigenvalue weighted by atomic mass is 9.96. The van der Waals surface area contributed by atoms with Crippen LogP contribution in [-0.2, 0) is 9.59 Å². The van der Waals surface area contributed by atoms with E-state index in [1.807, 2.05) is 34.2 Å². The highest BCUT2D eigenvalue weighted by Gasteiger charge is 2.38. The molecule has 186 valence electrons. The van der Waals surface area contributed by atoms with Crippen LogP contribution in [0.3, 0.4) is 0 Å². The van der Waals surface area contributed by atoms with E-state index in [4.69, 9.17) is 4.74 Å². The number of amides is 2. The van der Waals surface area contributed by atoms with Gasteiger partial charge in [0.05, 0.1) is 31.5 Å². The Morgan fingerprint density at radius 3 is 2.64 bits per heavy atom. The largest absolute Gasteiger partial charge is 0.494 e. The maximum absolute atomic E-state index is 12.9. The number of carbonyl (C=O) groups is 2. The minimum absolute atomic E-state index is 0.0403. The third kappa shape index (κ3) is 4.48. The van der Waals surface area contributed by atoms with Crippen molar-refractivity contribution in [2.45, 2.75) is 18.9 Å². The van der Waals surface area contributed by atoms with Crippen LogP contribution in [0.1, 0.15) is 24.4 Å². The molecule has 2 fully saturated rings. The van der Waals surface area contributed by atoms with Gasteiger partial charge in [0.2, 0.25) is 11.8 Å². The molecule has 0 aromatic carbocycles. The van der Waals surface area contributed by atoms with E-state index in [9.17, 15) is 14.9 Å². The second-order valence-corrected chi connectivity index (χ2v) is 9.67. The number of alkyl halides is 1. The number of fused-ring (bicyclic) bond motifs is 1. The number of nitrogens with zero attached hydrogens (tertiary/aromatic N) is 7. The van der Waals surface area contributed by atoms with Gasteiger partial charge in [-0.3, -0.25) is 14.3 Å². The van der Waals surface area contributed by atoms with Crippen molar-refractivity contribution in [1.82, 2.24) is 29.2 Å². The molecule has 0 N–H and O–H groups in total. The summed E-state index contributed by atoms with van der Waals surface area (Å²) >= 11 is 3.26. The summed E-state index contributed by atoms with van der Waals surface area (Å²) in [7, 11) is 1.58. The number of nitriles is 1. The Morgan fingerprint density at radius 2 is 1.94 bits per heavy atom. The molecule has 3 aromatic heterocycles. The summed E-state index contributed by atoms with van der Waals surface area (Å²) < 4.78 is 9.14. The van der Waals surface area contributed by atoms with Gasteiger partial charge in [-0.05, 0) is 25.0 Å². The average molecular weight is 552 g/mol. The van der Waals surface area contributed by atoms with Gasteiger partial charge in [-0.25, -0.2) is 4.52 Å². The van der Waals surface area contributed by atoms with Crippen molar-refractivity contribution >= 4 is 33.3 Å². The lowest BCUT2D eigenvalue weighted by molar-refractivity contribution is -0.147. The van der Waals surface area contributed by atoms with Crippen LogP contribution in [0, 0.1) is 17.2 Å². The Labute approximate surface area is 216 Å². The second kappa shape index (κ2) is 10.1. The highest BCUT2D eigenvalue weighted by Crippen LogP contribution is 2.31. The number of halogens is 1. The highest BCUT2D eigenvalue weighted by atomic mass is 79.9. The molecule has 5 rings (SSSR count). The first-order valence-corrected chi connectivity index (χ1v) is 12.9. The van der Waals surface area contributed by atoms with Crippen molar-refractivity contribution in [2.75, 3.05) is 38.6 Å². The fourth-order valence-corrected chi connectivity index (χ4v) is 5.03. The Kier molecular flexibility index (Phi) is 6.78. The molecular formula is C25H26BrN7O3. The molecular weight excluding hydrogens is 526 g/mol. The number of carbonyl (C=O) groups excluding carboxylic acids is 2. The molecule has 10 nitrogen and oxygen atoms in total. The molecule has 0 atom stereocenters. The summed E-state index contributed by atoms with van der Waals surface area (Å²) in [5, 5.41) is 18.8. The van der Waals surface area contributed by atoms with Crippen LogP contribution in [0.4, 0.5) is 0 Å². The van der Waals surface area contributed by atoms with Crippen molar-refractivity contribution in [3.8, 4) is 22.9 Å². The molecule has 5 heterocycles. The second-order valence-electron chi connectivity index (χ2n) is 9.02. The number of pyridine rings is 1. The third-order valence-corrected chi connectivity index (χ3v) is 7.27. The quantitative estimate of drug-likeness (QED) is 0.344. The minimum atomic E-state index is -0.104. The molecule has 0 unspecified atom stereocenters. The standard InChI is InChI=1S/C25H26BrN7O3/c1-36-22-9-17(15-33-24(22)18(10-27)11-29-33)19-12-28-32(16-19)21-4-7-30(8-5-21)25(35)20-13-31(14-20)23(34)3-2-6-26/h2-3,9,11-12,15-16,20-21H,4-8,13-14H2,1H3. The van der Waals surface area contributed by atoms with Crippen molar-refractivity contribution in [3.05, 3.63) is 48.6 Å². The van der Waals surface area contributed by atoms with E-state index in [1.165, 1.54) is 6.20 Å². The maximum Gasteiger partial charge on any atom is 0.246 e. The van der Waals surface area contributed by atoms with Crippen LogP contribution in [-0.4, -0.2) is 79.6 Å². The molecule has 2 saturated heterocycles. The lowest BCUT2D eigenvalue weighted by Gasteiger charge is -2.41. The molecule has 0 bridgehead atoms. The topological polar surface area (TPSA) is 109 Å². The molecule has 2 aliphatic rings. The van der Waals surface area contributed by atoms with E-state index >= 15 is 0 Å². The highest BCUT2D eigenvalue weighted by molar-refractivity contribution is 9.09. The van der Waals surface area contributed by atoms with Crippen LogP contribution in [0.2, 0.25) is 0 Å². The Bertz CT molecular complexity index is 1360. The summed E-state index contributed by atoms with van der Waals surface area (Å²) in [4.78, 5) is 28.5. The lowest BCUT2D eigenvalue weighted by Crippen LogP contribution is -2.57. The zero-order valence-electron chi connectivity index (χ0n) is 19.9. The number of hydrogen-bond donors (Lipinski definition) is 0. The van der Waals surface area contributed by atoms with Crippen molar-refractivity contribution in [1.29, 1.82) is 5.26 Å². The zero-order valence-corrected chi connectivity index (χ0v) is 21.5. The minimum Gasteiger partial charge on any atom is -0.494 e. The van der Waals surface area contributed by atoms with Gasteiger partial charge in [-0.1, -0.05) is 22.0 Å². The maximum atomic E-state index is 12.9. The van der Waals surface area contributed by atoms with Gasteiger partial charge in [0.1, 0.15) is 22.9 Å². The van der Waals surface area contributed by atoms with Gasteiger partial charge in [0.25, 0.3) is 0 Å². The first-order valence-electron chi connectivity index (χ1n) is 11.8. The van der Waals surface area contributed by atoms with Crippen LogP contribution in [0.25, 0.3) is 16.6 Å². The Balaban J connectivity index is 1.20. The summed E-state index contributed by atoms with van der Waals surface area (Å²) in [6.07, 6.45) is 12.2. The van der Waals surface area contributed by atoms with Gasteiger partial charge in [0.15, 0.2) is 0 Å². The third-order valence-electron chi connectivity index (χ3n) is 6.89. The van der Waals surface area contributed by atoms with E-state index in [2.05, 4.69) is 32.2 Å². The molecule has 0 aliphatic carbocycles. The predicted molar refractivity (Wildman–Crippen MR) is 136 cm³/mol. The number of ether oxygens (including phenoxy) is 1. The van der Waals surface area contributed by atoms with Gasteiger partial charge >= 0.3 is 0 Å². The number of likely N-dealkylation sites (tertiary alicyclic amines) is 2. The number of methoxy groups -OCH3 is 1. The van der Waals surface area contributed by atoms with Gasteiger partial charge < -0.3 is 14.5 Å². The van der Waals surface area contributed by atoms with E-state index in [0.29, 0.717) is 48.3 Å². The molecule has 11 heteroatoms. The number of allylic oxidation sites excluding steroid dienone is 1. The van der Waals surface area contributed by atoms with Crippen LogP contribution >= 0.6 is 15.9 Å².